The third kappa shape index (κ3) is 5.22. The Morgan fingerprint density at radius 3 is 2.35 bits per heavy atom. The van der Waals surface area contributed by atoms with Crippen LogP contribution in [-0.4, -0.2) is 45.4 Å². The van der Waals surface area contributed by atoms with E-state index < -0.39 is 5.56 Å². The molecule has 2 heterocycles. The molecule has 0 fully saturated rings. The maximum absolute atomic E-state index is 13.3. The van der Waals surface area contributed by atoms with E-state index in [4.69, 9.17) is 21.7 Å². The van der Waals surface area contributed by atoms with Crippen molar-refractivity contribution in [2.75, 3.05) is 14.2 Å². The molecule has 0 aliphatic heterocycles. The smallest absolute Gasteiger partial charge is 0.269 e. The standard InChI is InChI=1S/C29H23N5O5S/c1-38-23-16-31-28(33-26(23)39-2)34-27(37)21-13-12-20(14-22(21)32-29(34)40)25(36)30-15-17-8-10-19(11-9-17)24(35)18-6-4-3-5-7-18/h3-14,16H,15H2,1-2H3,(H,30,36)(H,32,40). The van der Waals surface area contributed by atoms with Gasteiger partial charge in [0.15, 0.2) is 16.3 Å². The Morgan fingerprint density at radius 1 is 0.950 bits per heavy atom. The van der Waals surface area contributed by atoms with Crippen LogP contribution in [0.4, 0.5) is 0 Å². The molecule has 0 unspecified atom stereocenters. The molecule has 0 aliphatic rings. The number of ketones is 1. The van der Waals surface area contributed by atoms with Gasteiger partial charge in [-0.05, 0) is 36.0 Å². The topological polar surface area (TPSA) is 128 Å². The van der Waals surface area contributed by atoms with Gasteiger partial charge in [-0.3, -0.25) is 14.4 Å². The van der Waals surface area contributed by atoms with Gasteiger partial charge in [0, 0.05) is 23.2 Å². The van der Waals surface area contributed by atoms with Crippen molar-refractivity contribution < 1.29 is 19.1 Å². The van der Waals surface area contributed by atoms with Crippen LogP contribution in [0.1, 0.15) is 31.8 Å². The van der Waals surface area contributed by atoms with Gasteiger partial charge in [0.2, 0.25) is 5.95 Å². The summed E-state index contributed by atoms with van der Waals surface area (Å²) in [5.41, 5.74) is 2.29. The minimum absolute atomic E-state index is 0.0177. The van der Waals surface area contributed by atoms with E-state index in [9.17, 15) is 14.4 Å². The van der Waals surface area contributed by atoms with E-state index in [0.717, 1.165) is 10.1 Å². The van der Waals surface area contributed by atoms with E-state index in [2.05, 4.69) is 20.3 Å². The number of rotatable bonds is 8. The third-order valence-electron chi connectivity index (χ3n) is 6.19. The molecule has 2 aromatic heterocycles. The number of nitrogens with zero attached hydrogens (tertiary/aromatic N) is 3. The number of carbonyl (C=O) groups is 2. The zero-order chi connectivity index (χ0) is 28.2. The van der Waals surface area contributed by atoms with Gasteiger partial charge in [-0.15, -0.1) is 0 Å². The lowest BCUT2D eigenvalue weighted by atomic mass is 10.0. The number of aromatic nitrogens is 4. The van der Waals surface area contributed by atoms with Crippen molar-refractivity contribution in [1.82, 2.24) is 24.8 Å². The zero-order valence-electron chi connectivity index (χ0n) is 21.5. The number of fused-ring (bicyclic) bond motifs is 1. The Labute approximate surface area is 233 Å². The minimum atomic E-state index is -0.455. The largest absolute Gasteiger partial charge is 0.490 e. The van der Waals surface area contributed by atoms with Crippen molar-refractivity contribution in [2.24, 2.45) is 0 Å². The normalized spacial score (nSPS) is 10.8. The number of amides is 1. The molecule has 5 aromatic rings. The molecule has 0 aliphatic carbocycles. The lowest BCUT2D eigenvalue weighted by Gasteiger charge is -2.11. The average Bonchev–Trinajstić information content (AvgIpc) is 2.99. The number of ether oxygens (including phenoxy) is 2. The van der Waals surface area contributed by atoms with Gasteiger partial charge in [0.1, 0.15) is 0 Å². The molecule has 0 saturated heterocycles. The van der Waals surface area contributed by atoms with Gasteiger partial charge >= 0.3 is 0 Å². The summed E-state index contributed by atoms with van der Waals surface area (Å²) in [6.07, 6.45) is 1.38. The summed E-state index contributed by atoms with van der Waals surface area (Å²) in [7, 11) is 2.88. The second-order valence-corrected chi connectivity index (χ2v) is 9.04. The predicted octanol–water partition coefficient (Wildman–Crippen LogP) is 4.02. The van der Waals surface area contributed by atoms with Gasteiger partial charge in [-0.25, -0.2) is 9.55 Å². The lowest BCUT2D eigenvalue weighted by molar-refractivity contribution is 0.0950. The average molecular weight is 554 g/mol. The molecular weight excluding hydrogens is 530 g/mol. The van der Waals surface area contributed by atoms with Crippen molar-refractivity contribution in [1.29, 1.82) is 0 Å². The van der Waals surface area contributed by atoms with Crippen LogP contribution < -0.4 is 20.3 Å². The molecular formula is C29H23N5O5S. The molecule has 2 N–H and O–H groups in total. The molecule has 11 heteroatoms. The number of carbonyl (C=O) groups excluding carboxylic acids is 2. The van der Waals surface area contributed by atoms with E-state index in [-0.39, 0.29) is 34.8 Å². The fourth-order valence-corrected chi connectivity index (χ4v) is 4.37. The molecule has 3 aromatic carbocycles. The second kappa shape index (κ2) is 11.3. The number of aromatic amines is 1. The molecule has 0 atom stereocenters. The van der Waals surface area contributed by atoms with E-state index in [1.165, 1.54) is 20.4 Å². The number of benzene rings is 3. The third-order valence-corrected chi connectivity index (χ3v) is 6.47. The first-order valence-corrected chi connectivity index (χ1v) is 12.5. The van der Waals surface area contributed by atoms with Crippen LogP contribution in [0.15, 0.2) is 83.8 Å². The lowest BCUT2D eigenvalue weighted by Crippen LogP contribution is -2.24. The molecule has 5 rings (SSSR count). The Morgan fingerprint density at radius 2 is 1.65 bits per heavy atom. The van der Waals surface area contributed by atoms with E-state index >= 15 is 0 Å². The van der Waals surface area contributed by atoms with E-state index in [1.807, 2.05) is 18.2 Å². The maximum atomic E-state index is 13.3. The molecule has 0 saturated carbocycles. The molecule has 200 valence electrons. The Hall–Kier alpha value is -5.16. The van der Waals surface area contributed by atoms with Gasteiger partial charge in [-0.2, -0.15) is 4.98 Å². The second-order valence-electron chi connectivity index (χ2n) is 8.65. The molecule has 40 heavy (non-hydrogen) atoms. The highest BCUT2D eigenvalue weighted by Crippen LogP contribution is 2.23. The van der Waals surface area contributed by atoms with Crippen molar-refractivity contribution in [3.63, 3.8) is 0 Å². The summed E-state index contributed by atoms with van der Waals surface area (Å²) >= 11 is 5.40. The molecule has 10 nitrogen and oxygen atoms in total. The van der Waals surface area contributed by atoms with Crippen LogP contribution in [0.2, 0.25) is 0 Å². The maximum Gasteiger partial charge on any atom is 0.269 e. The number of hydrogen-bond acceptors (Lipinski definition) is 8. The Bertz CT molecular complexity index is 1850. The van der Waals surface area contributed by atoms with Crippen LogP contribution in [0.25, 0.3) is 16.9 Å². The van der Waals surface area contributed by atoms with E-state index in [1.54, 1.807) is 54.6 Å². The first-order valence-electron chi connectivity index (χ1n) is 12.1. The van der Waals surface area contributed by atoms with Crippen molar-refractivity contribution in [3.8, 4) is 17.6 Å². The van der Waals surface area contributed by atoms with Gasteiger partial charge in [-0.1, -0.05) is 54.6 Å². The Balaban J connectivity index is 1.33. The van der Waals surface area contributed by atoms with E-state index in [0.29, 0.717) is 33.3 Å². The van der Waals surface area contributed by atoms with Gasteiger partial charge < -0.3 is 19.8 Å². The predicted molar refractivity (Wildman–Crippen MR) is 151 cm³/mol. The van der Waals surface area contributed by atoms with Gasteiger partial charge in [0.25, 0.3) is 17.3 Å². The number of hydrogen-bond donors (Lipinski definition) is 2. The molecule has 0 bridgehead atoms. The van der Waals surface area contributed by atoms with Crippen LogP contribution in [-0.2, 0) is 6.54 Å². The van der Waals surface area contributed by atoms with Gasteiger partial charge in [0.05, 0.1) is 31.3 Å². The summed E-state index contributed by atoms with van der Waals surface area (Å²) in [5.74, 6) is 0.0734. The summed E-state index contributed by atoms with van der Waals surface area (Å²) in [5, 5.41) is 3.15. The first-order chi connectivity index (χ1) is 19.4. The quantitative estimate of drug-likeness (QED) is 0.218. The van der Waals surface area contributed by atoms with Crippen LogP contribution >= 0.6 is 12.2 Å². The highest BCUT2D eigenvalue weighted by atomic mass is 32.1. The zero-order valence-corrected chi connectivity index (χ0v) is 22.3. The number of nitrogens with one attached hydrogen (secondary N) is 2. The fourth-order valence-electron chi connectivity index (χ4n) is 4.10. The van der Waals surface area contributed by atoms with Crippen LogP contribution in [0.5, 0.6) is 11.6 Å². The molecule has 0 radical (unpaired) electrons. The fraction of sp³-hybridized carbons (Fsp3) is 0.103. The highest BCUT2D eigenvalue weighted by Gasteiger charge is 2.16. The summed E-state index contributed by atoms with van der Waals surface area (Å²) in [4.78, 5) is 50.1. The number of methoxy groups -OCH3 is 2. The summed E-state index contributed by atoms with van der Waals surface area (Å²) < 4.78 is 11.5. The summed E-state index contributed by atoms with van der Waals surface area (Å²) in [6, 6.07) is 20.8. The van der Waals surface area contributed by atoms with Crippen molar-refractivity contribution in [3.05, 3.63) is 116 Å². The molecule has 0 spiro atoms. The molecule has 1 amide bonds. The summed E-state index contributed by atoms with van der Waals surface area (Å²) in [6.45, 7) is 0.255. The van der Waals surface area contributed by atoms with Crippen molar-refractivity contribution in [2.45, 2.75) is 6.54 Å². The SMILES string of the molecule is COc1cnc(-n2c(=S)[nH]c3cc(C(=O)NCc4ccc(C(=O)c5ccccc5)cc4)ccc3c2=O)nc1OC. The van der Waals surface area contributed by atoms with Crippen molar-refractivity contribution >= 4 is 34.8 Å². The van der Waals surface area contributed by atoms with Crippen LogP contribution in [0, 0.1) is 4.77 Å². The monoisotopic (exact) mass is 553 g/mol. The number of H-pyrrole nitrogens is 1. The highest BCUT2D eigenvalue weighted by molar-refractivity contribution is 7.71. The van der Waals surface area contributed by atoms with Crippen LogP contribution in [0.3, 0.4) is 0 Å². The minimum Gasteiger partial charge on any atom is -0.490 e. The first kappa shape index (κ1) is 26.4. The Kier molecular flexibility index (Phi) is 7.47.